The Labute approximate surface area is 271 Å². The van der Waals surface area contributed by atoms with Crippen molar-refractivity contribution in [3.05, 3.63) is 114 Å². The van der Waals surface area contributed by atoms with Gasteiger partial charge in [0.05, 0.1) is 17.7 Å². The van der Waals surface area contributed by atoms with Crippen LogP contribution in [-0.4, -0.2) is 51.4 Å². The van der Waals surface area contributed by atoms with Crippen LogP contribution in [0.3, 0.4) is 0 Å². The maximum atomic E-state index is 14.3. The summed E-state index contributed by atoms with van der Waals surface area (Å²) in [4.78, 5) is 29.1. The summed E-state index contributed by atoms with van der Waals surface area (Å²) in [6, 6.07) is 28.6. The van der Waals surface area contributed by atoms with Gasteiger partial charge >= 0.3 is 0 Å². The molecule has 10 heteroatoms. The molecule has 1 N–H and O–H groups in total. The third-order valence-corrected chi connectivity index (χ3v) is 9.23. The Morgan fingerprint density at radius 2 is 1.41 bits per heavy atom. The van der Waals surface area contributed by atoms with Crippen molar-refractivity contribution < 1.29 is 27.5 Å². The van der Waals surface area contributed by atoms with E-state index in [1.54, 1.807) is 55.6 Å². The smallest absolute Gasteiger partial charge is 0.264 e. The normalized spacial score (nSPS) is 11.7. The number of anilines is 1. The van der Waals surface area contributed by atoms with E-state index in [2.05, 4.69) is 5.32 Å². The molecule has 9 nitrogen and oxygen atoms in total. The summed E-state index contributed by atoms with van der Waals surface area (Å²) in [5, 5.41) is 2.90. The van der Waals surface area contributed by atoms with Crippen molar-refractivity contribution in [3.8, 4) is 17.2 Å². The quantitative estimate of drug-likeness (QED) is 0.163. The van der Waals surface area contributed by atoms with E-state index in [1.165, 1.54) is 17.0 Å². The van der Waals surface area contributed by atoms with Gasteiger partial charge in [0.25, 0.3) is 10.0 Å². The molecule has 0 aromatic heterocycles. The molecule has 0 saturated carbocycles. The lowest BCUT2D eigenvalue weighted by Gasteiger charge is -2.33. The first-order valence-corrected chi connectivity index (χ1v) is 16.7. The minimum atomic E-state index is -4.19. The molecule has 0 bridgehead atoms. The number of rotatable bonds is 15. The second-order valence-corrected chi connectivity index (χ2v) is 12.7. The topological polar surface area (TPSA) is 105 Å². The van der Waals surface area contributed by atoms with E-state index in [0.29, 0.717) is 30.2 Å². The third-order valence-electron chi connectivity index (χ3n) is 7.44. The monoisotopic (exact) mass is 643 g/mol. The first kappa shape index (κ1) is 34.1. The lowest BCUT2D eigenvalue weighted by atomic mass is 10.1. The summed E-state index contributed by atoms with van der Waals surface area (Å²) in [6.45, 7) is 5.69. The number of nitrogens with one attached hydrogen (secondary N) is 1. The first-order chi connectivity index (χ1) is 22.2. The van der Waals surface area contributed by atoms with Gasteiger partial charge in [0.15, 0.2) is 0 Å². The lowest BCUT2D eigenvalue weighted by Crippen LogP contribution is -2.52. The lowest BCUT2D eigenvalue weighted by molar-refractivity contribution is -0.140. The largest absolute Gasteiger partial charge is 0.497 e. The summed E-state index contributed by atoms with van der Waals surface area (Å²) in [5.74, 6) is 0.991. The average molecular weight is 644 g/mol. The average Bonchev–Trinajstić information content (AvgIpc) is 3.07. The Bertz CT molecular complexity index is 1680. The number of nitrogens with zero attached hydrogens (tertiary/aromatic N) is 2. The van der Waals surface area contributed by atoms with Crippen molar-refractivity contribution >= 4 is 27.5 Å². The van der Waals surface area contributed by atoms with Crippen LogP contribution in [0.1, 0.15) is 37.8 Å². The van der Waals surface area contributed by atoms with Crippen LogP contribution < -0.4 is 19.1 Å². The van der Waals surface area contributed by atoms with Crippen LogP contribution in [0, 0.1) is 6.92 Å². The van der Waals surface area contributed by atoms with Crippen molar-refractivity contribution in [2.45, 2.75) is 51.1 Å². The van der Waals surface area contributed by atoms with Crippen LogP contribution >= 0.6 is 0 Å². The van der Waals surface area contributed by atoms with Gasteiger partial charge in [0.2, 0.25) is 11.8 Å². The number of carbonyl (C=O) groups is 2. The fourth-order valence-corrected chi connectivity index (χ4v) is 6.30. The van der Waals surface area contributed by atoms with Gasteiger partial charge in [-0.2, -0.15) is 0 Å². The molecule has 4 rings (SSSR count). The molecular weight excluding hydrogens is 602 g/mol. The Balaban J connectivity index is 1.71. The highest BCUT2D eigenvalue weighted by atomic mass is 32.2. The van der Waals surface area contributed by atoms with E-state index in [4.69, 9.17) is 9.47 Å². The zero-order chi connectivity index (χ0) is 33.1. The third kappa shape index (κ3) is 8.66. The molecule has 46 heavy (non-hydrogen) atoms. The van der Waals surface area contributed by atoms with Gasteiger partial charge in [-0.25, -0.2) is 8.42 Å². The Morgan fingerprint density at radius 3 is 2.00 bits per heavy atom. The van der Waals surface area contributed by atoms with Gasteiger partial charge in [0.1, 0.15) is 29.8 Å². The first-order valence-electron chi connectivity index (χ1n) is 15.3. The molecule has 1 atom stereocenters. The van der Waals surface area contributed by atoms with Crippen molar-refractivity contribution in [2.24, 2.45) is 0 Å². The fraction of sp³-hybridized carbons (Fsp3) is 0.278. The molecule has 0 spiro atoms. The molecule has 2 amide bonds. The number of ether oxygens (including phenoxy) is 2. The number of amides is 2. The van der Waals surface area contributed by atoms with Crippen molar-refractivity contribution in [1.29, 1.82) is 0 Å². The molecule has 0 aliphatic rings. The Hall–Kier alpha value is -4.83. The van der Waals surface area contributed by atoms with Crippen LogP contribution in [0.15, 0.2) is 108 Å². The standard InChI is InChI=1S/C36H41N3O6S/c1-5-24-37-36(41)34(6-2)38(25-28-14-18-30(44-4)19-15-28)35(40)26-39(46(42,43)33-22-12-27(3)13-23-33)29-16-20-32(21-17-29)45-31-10-8-7-9-11-31/h7-23,34H,5-6,24-26H2,1-4H3,(H,37,41). The zero-order valence-electron chi connectivity index (χ0n) is 26.7. The molecular formula is C36H41N3O6S. The van der Waals surface area contributed by atoms with Crippen LogP contribution in [0.5, 0.6) is 17.2 Å². The molecule has 0 fully saturated rings. The molecule has 0 radical (unpaired) electrons. The van der Waals surface area contributed by atoms with Crippen LogP contribution in [0.2, 0.25) is 0 Å². The number of para-hydroxylation sites is 1. The molecule has 0 aliphatic carbocycles. The van der Waals surface area contributed by atoms with E-state index in [0.717, 1.165) is 21.9 Å². The summed E-state index contributed by atoms with van der Waals surface area (Å²) >= 11 is 0. The number of benzene rings is 4. The van der Waals surface area contributed by atoms with E-state index < -0.39 is 28.5 Å². The molecule has 4 aromatic rings. The van der Waals surface area contributed by atoms with Gasteiger partial charge in [-0.3, -0.25) is 13.9 Å². The highest BCUT2D eigenvalue weighted by Crippen LogP contribution is 2.29. The molecule has 1 unspecified atom stereocenters. The SMILES string of the molecule is CCCNC(=O)C(CC)N(Cc1ccc(OC)cc1)C(=O)CN(c1ccc(Oc2ccccc2)cc1)S(=O)(=O)c1ccc(C)cc1. The number of carbonyl (C=O) groups excluding carboxylic acids is 2. The minimum Gasteiger partial charge on any atom is -0.497 e. The summed E-state index contributed by atoms with van der Waals surface area (Å²) < 4.78 is 40.6. The van der Waals surface area contributed by atoms with Crippen molar-refractivity contribution in [3.63, 3.8) is 0 Å². The zero-order valence-corrected chi connectivity index (χ0v) is 27.5. The van der Waals surface area contributed by atoms with E-state index in [9.17, 15) is 18.0 Å². The number of hydrogen-bond donors (Lipinski definition) is 1. The van der Waals surface area contributed by atoms with Crippen molar-refractivity contribution in [2.75, 3.05) is 24.5 Å². The van der Waals surface area contributed by atoms with Crippen LogP contribution in [-0.2, 0) is 26.2 Å². The maximum absolute atomic E-state index is 14.3. The molecule has 0 saturated heterocycles. The summed E-state index contributed by atoms with van der Waals surface area (Å²) in [5.41, 5.74) is 1.95. The number of methoxy groups -OCH3 is 1. The van der Waals surface area contributed by atoms with Gasteiger partial charge in [-0.15, -0.1) is 0 Å². The van der Waals surface area contributed by atoms with Crippen LogP contribution in [0.4, 0.5) is 5.69 Å². The Morgan fingerprint density at radius 1 is 0.804 bits per heavy atom. The predicted octanol–water partition coefficient (Wildman–Crippen LogP) is 6.32. The summed E-state index contributed by atoms with van der Waals surface area (Å²) in [6.07, 6.45) is 1.08. The van der Waals surface area contributed by atoms with E-state index >= 15 is 0 Å². The van der Waals surface area contributed by atoms with Gasteiger partial charge in [-0.1, -0.05) is 61.9 Å². The van der Waals surface area contributed by atoms with Crippen LogP contribution in [0.25, 0.3) is 0 Å². The summed E-state index contributed by atoms with van der Waals surface area (Å²) in [7, 11) is -2.62. The second-order valence-electron chi connectivity index (χ2n) is 10.8. The molecule has 0 heterocycles. The highest BCUT2D eigenvalue weighted by Gasteiger charge is 2.33. The van der Waals surface area contributed by atoms with E-state index in [-0.39, 0.29) is 23.0 Å². The second kappa shape index (κ2) is 15.9. The fourth-order valence-electron chi connectivity index (χ4n) is 4.88. The minimum absolute atomic E-state index is 0.0462. The molecule has 0 aliphatic heterocycles. The number of sulfonamides is 1. The van der Waals surface area contributed by atoms with Gasteiger partial charge in [0, 0.05) is 13.1 Å². The number of hydrogen-bond acceptors (Lipinski definition) is 6. The van der Waals surface area contributed by atoms with E-state index in [1.807, 2.05) is 63.2 Å². The Kier molecular flexibility index (Phi) is 11.8. The van der Waals surface area contributed by atoms with Crippen molar-refractivity contribution in [1.82, 2.24) is 10.2 Å². The number of aryl methyl sites for hydroxylation is 1. The van der Waals surface area contributed by atoms with Gasteiger partial charge in [-0.05, 0) is 86.0 Å². The molecule has 4 aromatic carbocycles. The predicted molar refractivity (Wildman–Crippen MR) is 180 cm³/mol. The maximum Gasteiger partial charge on any atom is 0.264 e. The highest BCUT2D eigenvalue weighted by molar-refractivity contribution is 7.92. The van der Waals surface area contributed by atoms with Gasteiger partial charge < -0.3 is 19.7 Å². The molecule has 242 valence electrons.